The topological polar surface area (TPSA) is 47.3 Å². The van der Waals surface area contributed by atoms with Crippen LogP contribution < -0.4 is 0 Å². The van der Waals surface area contributed by atoms with Crippen molar-refractivity contribution in [1.29, 1.82) is 0 Å². The summed E-state index contributed by atoms with van der Waals surface area (Å²) in [4.78, 5) is 0. The summed E-state index contributed by atoms with van der Waals surface area (Å²) in [6.45, 7) is 2.99. The molecule has 0 bridgehead atoms. The van der Waals surface area contributed by atoms with Gasteiger partial charge < -0.3 is 9.84 Å². The van der Waals surface area contributed by atoms with Gasteiger partial charge in [-0.05, 0) is 31.2 Å². The molecule has 0 aliphatic carbocycles. The van der Waals surface area contributed by atoms with E-state index in [1.165, 1.54) is 18.4 Å². The van der Waals surface area contributed by atoms with Crippen LogP contribution in [0.4, 0.5) is 0 Å². The Bertz CT molecular complexity index is 306. The summed E-state index contributed by atoms with van der Waals surface area (Å²) >= 11 is 0. The van der Waals surface area contributed by atoms with E-state index in [2.05, 4.69) is 11.3 Å². The van der Waals surface area contributed by atoms with E-state index < -0.39 is 0 Å². The Balaban J connectivity index is 1.81. The Morgan fingerprint density at radius 3 is 3.25 bits per heavy atom. The molecule has 90 valence electrons. The molecule has 1 aromatic rings. The third-order valence-corrected chi connectivity index (χ3v) is 3.01. The Morgan fingerprint density at radius 1 is 1.56 bits per heavy atom. The fourth-order valence-electron chi connectivity index (χ4n) is 2.13. The summed E-state index contributed by atoms with van der Waals surface area (Å²) in [5.74, 6) is 0.611. The monoisotopic (exact) mass is 224 g/mol. The van der Waals surface area contributed by atoms with E-state index in [1.54, 1.807) is 0 Å². The molecule has 16 heavy (non-hydrogen) atoms. The molecule has 1 aliphatic heterocycles. The number of aryl methyl sites for hydroxylation is 1. The molecule has 0 aromatic carbocycles. The van der Waals surface area contributed by atoms with Crippen LogP contribution in [0, 0.1) is 5.92 Å². The molecule has 1 fully saturated rings. The van der Waals surface area contributed by atoms with Gasteiger partial charge in [-0.3, -0.25) is 4.68 Å². The fraction of sp³-hybridized carbons (Fsp3) is 0.750. The zero-order valence-corrected chi connectivity index (χ0v) is 9.64. The van der Waals surface area contributed by atoms with Crippen molar-refractivity contribution in [2.75, 3.05) is 19.8 Å². The quantitative estimate of drug-likeness (QED) is 0.818. The van der Waals surface area contributed by atoms with Gasteiger partial charge in [-0.1, -0.05) is 0 Å². The molecule has 0 spiro atoms. The van der Waals surface area contributed by atoms with Crippen molar-refractivity contribution in [2.24, 2.45) is 5.92 Å². The number of hydrogen-bond acceptors (Lipinski definition) is 3. The highest BCUT2D eigenvalue weighted by Crippen LogP contribution is 2.15. The zero-order valence-electron chi connectivity index (χ0n) is 9.64. The minimum Gasteiger partial charge on any atom is -0.396 e. The van der Waals surface area contributed by atoms with Crippen LogP contribution in [0.25, 0.3) is 0 Å². The van der Waals surface area contributed by atoms with Gasteiger partial charge in [-0.25, -0.2) is 0 Å². The van der Waals surface area contributed by atoms with E-state index in [0.29, 0.717) is 5.92 Å². The number of aliphatic hydroxyl groups excluding tert-OH is 1. The normalized spacial score (nSPS) is 21.2. The van der Waals surface area contributed by atoms with Crippen molar-refractivity contribution in [1.82, 2.24) is 9.78 Å². The van der Waals surface area contributed by atoms with Crippen molar-refractivity contribution < 1.29 is 9.84 Å². The summed E-state index contributed by atoms with van der Waals surface area (Å²) in [7, 11) is 0. The van der Waals surface area contributed by atoms with Crippen LogP contribution in [0.15, 0.2) is 12.4 Å². The lowest BCUT2D eigenvalue weighted by molar-refractivity contribution is 0.0470. The van der Waals surface area contributed by atoms with Crippen molar-refractivity contribution in [2.45, 2.75) is 32.2 Å². The molecule has 2 rings (SSSR count). The maximum absolute atomic E-state index is 8.75. The number of nitrogens with zero attached hydrogens (tertiary/aromatic N) is 2. The first kappa shape index (κ1) is 11.6. The standard InChI is InChI=1S/C12H20N2O2/c15-5-1-3-11-7-13-14(8-11)9-12-4-2-6-16-10-12/h7-8,12,15H,1-6,9-10H2/t12-/m1/s1. The molecule has 1 aromatic heterocycles. The Morgan fingerprint density at radius 2 is 2.50 bits per heavy atom. The summed E-state index contributed by atoms with van der Waals surface area (Å²) in [5, 5.41) is 13.1. The predicted molar refractivity (Wildman–Crippen MR) is 61.2 cm³/mol. The van der Waals surface area contributed by atoms with Gasteiger partial charge in [0.2, 0.25) is 0 Å². The second kappa shape index (κ2) is 6.01. The van der Waals surface area contributed by atoms with Crippen molar-refractivity contribution in [3.05, 3.63) is 18.0 Å². The lowest BCUT2D eigenvalue weighted by atomic mass is 10.0. The van der Waals surface area contributed by atoms with Gasteiger partial charge in [0.15, 0.2) is 0 Å². The zero-order chi connectivity index (χ0) is 11.2. The van der Waals surface area contributed by atoms with Gasteiger partial charge in [0.25, 0.3) is 0 Å². The van der Waals surface area contributed by atoms with Crippen LogP contribution in [0.2, 0.25) is 0 Å². The van der Waals surface area contributed by atoms with Gasteiger partial charge >= 0.3 is 0 Å². The van der Waals surface area contributed by atoms with E-state index in [-0.39, 0.29) is 6.61 Å². The molecule has 1 N–H and O–H groups in total. The summed E-state index contributed by atoms with van der Waals surface area (Å²) in [6.07, 6.45) is 8.13. The van der Waals surface area contributed by atoms with Crippen LogP contribution in [-0.2, 0) is 17.7 Å². The minimum atomic E-state index is 0.252. The van der Waals surface area contributed by atoms with Gasteiger partial charge in [0.1, 0.15) is 0 Å². The SMILES string of the molecule is OCCCc1cnn(C[C@H]2CCCOC2)c1. The second-order valence-corrected chi connectivity index (χ2v) is 4.48. The Kier molecular flexibility index (Phi) is 4.36. The number of ether oxygens (including phenoxy) is 1. The molecule has 1 saturated heterocycles. The summed E-state index contributed by atoms with van der Waals surface area (Å²) in [6, 6.07) is 0. The summed E-state index contributed by atoms with van der Waals surface area (Å²) in [5.41, 5.74) is 1.21. The molecule has 0 radical (unpaired) electrons. The largest absolute Gasteiger partial charge is 0.396 e. The molecule has 0 saturated carbocycles. The molecule has 2 heterocycles. The lowest BCUT2D eigenvalue weighted by Gasteiger charge is -2.21. The number of aromatic nitrogens is 2. The maximum Gasteiger partial charge on any atom is 0.0521 e. The molecule has 1 aliphatic rings. The van der Waals surface area contributed by atoms with E-state index in [9.17, 15) is 0 Å². The summed E-state index contributed by atoms with van der Waals surface area (Å²) < 4.78 is 7.46. The molecule has 0 amide bonds. The molecule has 4 nitrogen and oxygen atoms in total. The lowest BCUT2D eigenvalue weighted by Crippen LogP contribution is -2.22. The highest BCUT2D eigenvalue weighted by molar-refractivity contribution is 5.03. The first-order valence-corrected chi connectivity index (χ1v) is 6.08. The third kappa shape index (κ3) is 3.32. The van der Waals surface area contributed by atoms with Crippen molar-refractivity contribution in [3.8, 4) is 0 Å². The average Bonchev–Trinajstić information content (AvgIpc) is 2.75. The number of aliphatic hydroxyl groups is 1. The first-order chi connectivity index (χ1) is 7.88. The van der Waals surface area contributed by atoms with Crippen LogP contribution in [-0.4, -0.2) is 34.7 Å². The van der Waals surface area contributed by atoms with Crippen LogP contribution >= 0.6 is 0 Å². The molecular formula is C12H20N2O2. The number of rotatable bonds is 5. The smallest absolute Gasteiger partial charge is 0.0521 e. The Labute approximate surface area is 96.2 Å². The highest BCUT2D eigenvalue weighted by Gasteiger charge is 2.14. The first-order valence-electron chi connectivity index (χ1n) is 6.08. The number of hydrogen-bond donors (Lipinski definition) is 1. The maximum atomic E-state index is 8.75. The molecule has 1 atom stereocenters. The van der Waals surface area contributed by atoms with E-state index in [4.69, 9.17) is 9.84 Å². The predicted octanol–water partition coefficient (Wildman–Crippen LogP) is 1.23. The molecule has 4 heteroatoms. The fourth-order valence-corrected chi connectivity index (χ4v) is 2.13. The average molecular weight is 224 g/mol. The van der Waals surface area contributed by atoms with Crippen molar-refractivity contribution in [3.63, 3.8) is 0 Å². The van der Waals surface area contributed by atoms with E-state index in [1.807, 2.05) is 10.9 Å². The molecular weight excluding hydrogens is 204 g/mol. The van der Waals surface area contributed by atoms with Crippen LogP contribution in [0.1, 0.15) is 24.8 Å². The third-order valence-electron chi connectivity index (χ3n) is 3.01. The Hall–Kier alpha value is -0.870. The van der Waals surface area contributed by atoms with E-state index in [0.717, 1.165) is 32.6 Å². The van der Waals surface area contributed by atoms with Crippen molar-refractivity contribution >= 4 is 0 Å². The minimum absolute atomic E-state index is 0.252. The highest BCUT2D eigenvalue weighted by atomic mass is 16.5. The van der Waals surface area contributed by atoms with Crippen LogP contribution in [0.5, 0.6) is 0 Å². The molecule has 0 unspecified atom stereocenters. The van der Waals surface area contributed by atoms with Crippen LogP contribution in [0.3, 0.4) is 0 Å². The van der Waals surface area contributed by atoms with E-state index >= 15 is 0 Å². The van der Waals surface area contributed by atoms with Gasteiger partial charge in [-0.2, -0.15) is 5.10 Å². The van der Waals surface area contributed by atoms with Gasteiger partial charge in [-0.15, -0.1) is 0 Å². The van der Waals surface area contributed by atoms with Gasteiger partial charge in [0, 0.05) is 31.9 Å². The second-order valence-electron chi connectivity index (χ2n) is 4.48. The van der Waals surface area contributed by atoms with Gasteiger partial charge in [0.05, 0.1) is 12.8 Å².